The first-order valence-electron chi connectivity index (χ1n) is 7.30. The van der Waals surface area contributed by atoms with E-state index >= 15 is 0 Å². The van der Waals surface area contributed by atoms with E-state index in [0.717, 1.165) is 11.3 Å². The number of amidine groups is 1. The summed E-state index contributed by atoms with van der Waals surface area (Å²) in [7, 11) is 0. The molecule has 25 heavy (non-hydrogen) atoms. The van der Waals surface area contributed by atoms with Crippen LogP contribution in [0.25, 0.3) is 0 Å². The Bertz CT molecular complexity index is 800. The summed E-state index contributed by atoms with van der Waals surface area (Å²) in [6, 6.07) is 7.07. The van der Waals surface area contributed by atoms with Crippen LogP contribution in [0.15, 0.2) is 63.2 Å². The molecule has 0 spiro atoms. The molecule has 1 aliphatic rings. The minimum atomic E-state index is -0.871. The molecule has 8 N–H and O–H groups in total. The van der Waals surface area contributed by atoms with Crippen LogP contribution < -0.4 is 22.5 Å². The highest BCUT2D eigenvalue weighted by Crippen LogP contribution is 2.12. The summed E-state index contributed by atoms with van der Waals surface area (Å²) in [5.74, 6) is -0.615. The van der Waals surface area contributed by atoms with Gasteiger partial charge in [0.15, 0.2) is 5.84 Å². The van der Waals surface area contributed by atoms with Crippen molar-refractivity contribution in [1.82, 2.24) is 0 Å². The smallest absolute Gasteiger partial charge is 0.307 e. The highest BCUT2D eigenvalue weighted by Gasteiger charge is 2.15. The largest absolute Gasteiger partial charge is 0.481 e. The Labute approximate surface area is 144 Å². The van der Waals surface area contributed by atoms with Crippen molar-refractivity contribution < 1.29 is 9.90 Å². The Morgan fingerprint density at radius 1 is 1.24 bits per heavy atom. The van der Waals surface area contributed by atoms with E-state index in [1.165, 1.54) is 6.21 Å². The van der Waals surface area contributed by atoms with Gasteiger partial charge in [-0.2, -0.15) is 0 Å². The first-order chi connectivity index (χ1) is 11.8. The van der Waals surface area contributed by atoms with Crippen LogP contribution in [0.1, 0.15) is 5.56 Å². The van der Waals surface area contributed by atoms with Crippen molar-refractivity contribution in [2.45, 2.75) is 6.42 Å². The van der Waals surface area contributed by atoms with Gasteiger partial charge in [0.1, 0.15) is 17.3 Å². The zero-order valence-electron chi connectivity index (χ0n) is 13.4. The molecule has 0 bridgehead atoms. The van der Waals surface area contributed by atoms with E-state index in [2.05, 4.69) is 26.9 Å². The maximum Gasteiger partial charge on any atom is 0.307 e. The second kappa shape index (κ2) is 7.77. The number of carboxylic acids is 1. The molecule has 1 heterocycles. The third-order valence-corrected chi connectivity index (χ3v) is 3.11. The number of nitrogens with two attached hydrogens (primary N) is 3. The van der Waals surface area contributed by atoms with Gasteiger partial charge in [-0.3, -0.25) is 4.79 Å². The van der Waals surface area contributed by atoms with Crippen molar-refractivity contribution in [2.75, 3.05) is 11.9 Å². The number of rotatable bonds is 6. The Kier molecular flexibility index (Phi) is 5.51. The van der Waals surface area contributed by atoms with Crippen LogP contribution in [-0.4, -0.2) is 35.4 Å². The van der Waals surface area contributed by atoms with Gasteiger partial charge in [0.25, 0.3) is 0 Å². The molecule has 0 amide bonds. The SMILES string of the molecule is C=C(N)/N=C1/N=CC(CNc2ccc(CC(=O)O)cc2)=NC1=C(N)N. The topological polar surface area (TPSA) is 164 Å². The number of aliphatic carboxylic acids is 1. The van der Waals surface area contributed by atoms with Gasteiger partial charge in [0.2, 0.25) is 0 Å². The molecule has 9 nitrogen and oxygen atoms in total. The fraction of sp³-hybridized carbons (Fsp3) is 0.125. The van der Waals surface area contributed by atoms with Crippen molar-refractivity contribution in [3.05, 3.63) is 53.7 Å². The van der Waals surface area contributed by atoms with Crippen LogP contribution in [0.2, 0.25) is 0 Å². The summed E-state index contributed by atoms with van der Waals surface area (Å²) in [5.41, 5.74) is 19.0. The van der Waals surface area contributed by atoms with Crippen molar-refractivity contribution in [2.24, 2.45) is 32.2 Å². The zero-order chi connectivity index (χ0) is 18.4. The molecular formula is C16H19N7O2. The lowest BCUT2D eigenvalue weighted by atomic mass is 10.1. The van der Waals surface area contributed by atoms with Crippen molar-refractivity contribution >= 4 is 29.4 Å². The van der Waals surface area contributed by atoms with Gasteiger partial charge < -0.3 is 27.6 Å². The molecule has 1 aromatic rings. The molecule has 0 fully saturated rings. The third-order valence-electron chi connectivity index (χ3n) is 3.11. The standard InChI is InChI=1S/C16H19N7O2/c1-9(17)22-16-14(15(18)19)23-12(8-21-16)7-20-11-4-2-10(3-5-11)6-13(24)25/h2-5,8,20H,1,6-7,17-19H2,(H,24,25)/b22-16+. The van der Waals surface area contributed by atoms with E-state index in [4.69, 9.17) is 22.3 Å². The van der Waals surface area contributed by atoms with Crippen molar-refractivity contribution in [3.63, 3.8) is 0 Å². The van der Waals surface area contributed by atoms with Gasteiger partial charge in [0.05, 0.1) is 24.9 Å². The molecule has 1 aromatic carbocycles. The van der Waals surface area contributed by atoms with E-state index in [-0.39, 0.29) is 29.6 Å². The second-order valence-electron chi connectivity index (χ2n) is 5.21. The summed E-state index contributed by atoms with van der Waals surface area (Å²) in [5, 5.41) is 11.9. The van der Waals surface area contributed by atoms with Crippen LogP contribution in [-0.2, 0) is 11.2 Å². The molecule has 2 rings (SSSR count). The number of anilines is 1. The lowest BCUT2D eigenvalue weighted by Gasteiger charge is -2.13. The Balaban J connectivity index is 2.06. The summed E-state index contributed by atoms with van der Waals surface area (Å²) in [6.45, 7) is 3.85. The summed E-state index contributed by atoms with van der Waals surface area (Å²) in [4.78, 5) is 23.1. The molecule has 130 valence electrons. The third kappa shape index (κ3) is 5.20. The number of nitrogens with one attached hydrogen (secondary N) is 1. The average molecular weight is 341 g/mol. The first-order valence-corrected chi connectivity index (χ1v) is 7.30. The quantitative estimate of drug-likeness (QED) is 0.494. The van der Waals surface area contributed by atoms with Gasteiger partial charge in [-0.25, -0.2) is 15.0 Å². The van der Waals surface area contributed by atoms with E-state index in [9.17, 15) is 4.79 Å². The zero-order valence-corrected chi connectivity index (χ0v) is 13.4. The van der Waals surface area contributed by atoms with Gasteiger partial charge in [-0.1, -0.05) is 18.7 Å². The number of carboxylic acid groups (broad SMARTS) is 1. The molecule has 1 aliphatic heterocycles. The lowest BCUT2D eigenvalue weighted by Crippen LogP contribution is -2.24. The first kappa shape index (κ1) is 17.7. The lowest BCUT2D eigenvalue weighted by molar-refractivity contribution is -0.136. The molecule has 0 saturated carbocycles. The Morgan fingerprint density at radius 3 is 2.48 bits per heavy atom. The highest BCUT2D eigenvalue weighted by atomic mass is 16.4. The van der Waals surface area contributed by atoms with Crippen LogP contribution >= 0.6 is 0 Å². The van der Waals surface area contributed by atoms with Crippen LogP contribution in [0.3, 0.4) is 0 Å². The van der Waals surface area contributed by atoms with E-state index in [1.807, 2.05) is 0 Å². The van der Waals surface area contributed by atoms with E-state index in [1.54, 1.807) is 24.3 Å². The van der Waals surface area contributed by atoms with Gasteiger partial charge in [-0.05, 0) is 17.7 Å². The summed E-state index contributed by atoms with van der Waals surface area (Å²) < 4.78 is 0. The molecule has 0 saturated heterocycles. The number of aliphatic imine (C=N–C) groups is 3. The predicted molar refractivity (Wildman–Crippen MR) is 98.4 cm³/mol. The predicted octanol–water partition coefficient (Wildman–Crippen LogP) is 0.166. The minimum absolute atomic E-state index is 0.0158. The minimum Gasteiger partial charge on any atom is -0.481 e. The van der Waals surface area contributed by atoms with Crippen molar-refractivity contribution in [1.29, 1.82) is 0 Å². The number of benzene rings is 1. The highest BCUT2D eigenvalue weighted by molar-refractivity contribution is 6.37. The Hall–Kier alpha value is -3.62. The Morgan fingerprint density at radius 2 is 1.92 bits per heavy atom. The van der Waals surface area contributed by atoms with Crippen LogP contribution in [0, 0.1) is 0 Å². The number of nitrogens with zero attached hydrogens (tertiary/aromatic N) is 3. The maximum absolute atomic E-state index is 10.7. The van der Waals surface area contributed by atoms with Gasteiger partial charge in [-0.15, -0.1) is 0 Å². The van der Waals surface area contributed by atoms with E-state index < -0.39 is 5.97 Å². The van der Waals surface area contributed by atoms with Gasteiger partial charge >= 0.3 is 5.97 Å². The monoisotopic (exact) mass is 341 g/mol. The molecule has 0 radical (unpaired) electrons. The molecule has 0 unspecified atom stereocenters. The fourth-order valence-corrected chi connectivity index (χ4v) is 2.02. The normalized spacial score (nSPS) is 15.0. The van der Waals surface area contributed by atoms with Crippen molar-refractivity contribution in [3.8, 4) is 0 Å². The molecule has 0 aromatic heterocycles. The van der Waals surface area contributed by atoms with Crippen LogP contribution in [0.5, 0.6) is 0 Å². The average Bonchev–Trinajstić information content (AvgIpc) is 2.54. The summed E-state index contributed by atoms with van der Waals surface area (Å²) >= 11 is 0. The number of hydrogen-bond donors (Lipinski definition) is 5. The molecule has 0 aliphatic carbocycles. The fourth-order valence-electron chi connectivity index (χ4n) is 2.02. The number of hydrogen-bond acceptors (Lipinski definition) is 7. The number of carbonyl (C=O) groups is 1. The second-order valence-corrected chi connectivity index (χ2v) is 5.21. The summed E-state index contributed by atoms with van der Waals surface area (Å²) in [6.07, 6.45) is 1.51. The van der Waals surface area contributed by atoms with E-state index in [0.29, 0.717) is 12.3 Å². The molecule has 0 atom stereocenters. The van der Waals surface area contributed by atoms with Gasteiger partial charge in [0, 0.05) is 5.69 Å². The van der Waals surface area contributed by atoms with Crippen LogP contribution in [0.4, 0.5) is 5.69 Å². The maximum atomic E-state index is 10.7. The molecular weight excluding hydrogens is 322 g/mol. The molecule has 9 heteroatoms.